The summed E-state index contributed by atoms with van der Waals surface area (Å²) in [6.45, 7) is 15.9. The van der Waals surface area contributed by atoms with Gasteiger partial charge in [0.25, 0.3) is 0 Å². The van der Waals surface area contributed by atoms with E-state index in [2.05, 4.69) is 90.2 Å². The van der Waals surface area contributed by atoms with Crippen molar-refractivity contribution < 1.29 is 13.6 Å². The third-order valence-electron chi connectivity index (χ3n) is 9.63. The molecule has 2 aromatic rings. The summed E-state index contributed by atoms with van der Waals surface area (Å²) < 4.78 is 29.7. The van der Waals surface area contributed by atoms with Gasteiger partial charge in [0.05, 0.1) is 12.2 Å². The van der Waals surface area contributed by atoms with E-state index in [0.717, 1.165) is 36.8 Å². The van der Waals surface area contributed by atoms with Crippen molar-refractivity contribution >= 4 is 7.60 Å². The monoisotopic (exact) mass is 567 g/mol. The average molecular weight is 568 g/mol. The van der Waals surface area contributed by atoms with Crippen molar-refractivity contribution in [1.29, 1.82) is 0 Å². The summed E-state index contributed by atoms with van der Waals surface area (Å²) in [5.74, 6) is 2.24. The Morgan fingerprint density at radius 1 is 0.675 bits per heavy atom. The van der Waals surface area contributed by atoms with Crippen LogP contribution in [0.1, 0.15) is 110 Å². The van der Waals surface area contributed by atoms with Crippen LogP contribution in [-0.2, 0) is 13.6 Å². The van der Waals surface area contributed by atoms with Crippen LogP contribution in [0.3, 0.4) is 0 Å². The number of hydrogen-bond donors (Lipinski definition) is 1. The van der Waals surface area contributed by atoms with E-state index < -0.39 is 13.4 Å². The van der Waals surface area contributed by atoms with Gasteiger partial charge >= 0.3 is 7.60 Å². The molecule has 0 radical (unpaired) electrons. The Labute approximate surface area is 244 Å². The maximum atomic E-state index is 15.7. The largest absolute Gasteiger partial charge is 0.352 e. The molecule has 4 rings (SSSR count). The second kappa shape index (κ2) is 14.1. The SMILES string of the molecule is CC(C)[C@H]1CC[C@@H](C)C[C@H]1OP(=O)(O[C@@H]1C[C@H](C)CC[C@@H]1C(C)C)[C@H](N[C@@H](C)c1ccccc1)c1ccccc1. The van der Waals surface area contributed by atoms with E-state index in [0.29, 0.717) is 35.5 Å². The lowest BCUT2D eigenvalue weighted by atomic mass is 9.75. The molecule has 0 heterocycles. The molecule has 5 heteroatoms. The van der Waals surface area contributed by atoms with Crippen LogP contribution in [0.5, 0.6) is 0 Å². The number of hydrogen-bond acceptors (Lipinski definition) is 4. The fourth-order valence-electron chi connectivity index (χ4n) is 7.08. The first kappa shape index (κ1) is 31.5. The van der Waals surface area contributed by atoms with Crippen molar-refractivity contribution in [3.8, 4) is 0 Å². The normalized spacial score (nSPS) is 29.4. The molecule has 2 saturated carbocycles. The smallest absolute Gasteiger partial charge is 0.304 e. The molecule has 0 aliphatic heterocycles. The lowest BCUT2D eigenvalue weighted by Gasteiger charge is -2.44. The van der Waals surface area contributed by atoms with Gasteiger partial charge in [0.15, 0.2) is 0 Å². The Bertz CT molecular complexity index is 1040. The summed E-state index contributed by atoms with van der Waals surface area (Å²) in [6.07, 6.45) is 6.34. The summed E-state index contributed by atoms with van der Waals surface area (Å²) in [5, 5.41) is 3.77. The molecule has 0 unspecified atom stereocenters. The first-order chi connectivity index (χ1) is 19.1. The molecule has 2 aromatic carbocycles. The highest BCUT2D eigenvalue weighted by molar-refractivity contribution is 7.54. The summed E-state index contributed by atoms with van der Waals surface area (Å²) in [6, 6.07) is 20.6. The van der Waals surface area contributed by atoms with E-state index in [9.17, 15) is 0 Å². The van der Waals surface area contributed by atoms with Gasteiger partial charge in [-0.05, 0) is 79.2 Å². The minimum Gasteiger partial charge on any atom is -0.304 e. The molecule has 0 amide bonds. The third-order valence-corrected chi connectivity index (χ3v) is 11.8. The molecule has 8 atom stereocenters. The van der Waals surface area contributed by atoms with Gasteiger partial charge in [0, 0.05) is 6.04 Å². The van der Waals surface area contributed by atoms with Crippen LogP contribution in [0.15, 0.2) is 60.7 Å². The Kier molecular flexibility index (Phi) is 11.1. The van der Waals surface area contributed by atoms with E-state index in [1.807, 2.05) is 24.3 Å². The molecule has 0 aromatic heterocycles. The van der Waals surface area contributed by atoms with Gasteiger partial charge in [-0.2, -0.15) is 0 Å². The van der Waals surface area contributed by atoms with Crippen molar-refractivity contribution in [2.24, 2.45) is 35.5 Å². The van der Waals surface area contributed by atoms with E-state index in [1.54, 1.807) is 0 Å². The van der Waals surface area contributed by atoms with Gasteiger partial charge in [-0.15, -0.1) is 0 Å². The third kappa shape index (κ3) is 7.88. The lowest BCUT2D eigenvalue weighted by Crippen LogP contribution is -2.38. The molecule has 2 aliphatic carbocycles. The lowest BCUT2D eigenvalue weighted by molar-refractivity contribution is -0.00718. The molecule has 0 bridgehead atoms. The van der Waals surface area contributed by atoms with Crippen LogP contribution in [0, 0.1) is 35.5 Å². The van der Waals surface area contributed by atoms with Crippen LogP contribution >= 0.6 is 7.60 Å². The Hall–Kier alpha value is -1.45. The van der Waals surface area contributed by atoms with E-state index in [1.165, 1.54) is 12.8 Å². The molecular weight excluding hydrogens is 513 g/mol. The highest BCUT2D eigenvalue weighted by Gasteiger charge is 2.47. The molecule has 222 valence electrons. The van der Waals surface area contributed by atoms with Crippen LogP contribution in [0.4, 0.5) is 0 Å². The van der Waals surface area contributed by atoms with Crippen molar-refractivity contribution in [3.05, 3.63) is 71.8 Å². The Morgan fingerprint density at radius 3 is 1.52 bits per heavy atom. The average Bonchev–Trinajstić information content (AvgIpc) is 2.92. The molecule has 2 fully saturated rings. The van der Waals surface area contributed by atoms with Crippen LogP contribution in [0.2, 0.25) is 0 Å². The Balaban J connectivity index is 1.76. The van der Waals surface area contributed by atoms with E-state index >= 15 is 4.57 Å². The molecular formula is C35H54NO3P. The molecule has 0 saturated heterocycles. The van der Waals surface area contributed by atoms with E-state index in [-0.39, 0.29) is 18.2 Å². The van der Waals surface area contributed by atoms with Gasteiger partial charge in [-0.1, -0.05) is 115 Å². The van der Waals surface area contributed by atoms with Crippen molar-refractivity contribution in [1.82, 2.24) is 5.32 Å². The first-order valence-electron chi connectivity index (χ1n) is 15.9. The van der Waals surface area contributed by atoms with Gasteiger partial charge in [0.1, 0.15) is 5.78 Å². The highest BCUT2D eigenvalue weighted by atomic mass is 31.2. The topological polar surface area (TPSA) is 47.6 Å². The second-order valence-corrected chi connectivity index (χ2v) is 15.6. The van der Waals surface area contributed by atoms with Gasteiger partial charge in [0.2, 0.25) is 0 Å². The van der Waals surface area contributed by atoms with Crippen molar-refractivity contribution in [2.75, 3.05) is 0 Å². The maximum Gasteiger partial charge on any atom is 0.352 e. The van der Waals surface area contributed by atoms with Crippen molar-refractivity contribution in [2.45, 2.75) is 111 Å². The van der Waals surface area contributed by atoms with Gasteiger partial charge in [-0.3, -0.25) is 9.88 Å². The minimum absolute atomic E-state index is 0.0238. The molecule has 0 spiro atoms. The van der Waals surface area contributed by atoms with Gasteiger partial charge in [-0.25, -0.2) is 0 Å². The quantitative estimate of drug-likeness (QED) is 0.274. The zero-order valence-corrected chi connectivity index (χ0v) is 26.9. The summed E-state index contributed by atoms with van der Waals surface area (Å²) >= 11 is 0. The molecule has 1 N–H and O–H groups in total. The summed E-state index contributed by atoms with van der Waals surface area (Å²) in [4.78, 5) is 0. The van der Waals surface area contributed by atoms with Crippen LogP contribution in [-0.4, -0.2) is 12.2 Å². The fourth-order valence-corrected chi connectivity index (χ4v) is 9.55. The zero-order chi connectivity index (χ0) is 28.9. The summed E-state index contributed by atoms with van der Waals surface area (Å²) in [5.41, 5.74) is 2.12. The second-order valence-electron chi connectivity index (χ2n) is 13.6. The minimum atomic E-state index is -3.68. The number of rotatable bonds is 11. The fraction of sp³-hybridized carbons (Fsp3) is 0.657. The van der Waals surface area contributed by atoms with Gasteiger partial charge < -0.3 is 9.05 Å². The first-order valence-corrected chi connectivity index (χ1v) is 17.5. The highest BCUT2D eigenvalue weighted by Crippen LogP contribution is 2.64. The van der Waals surface area contributed by atoms with Crippen LogP contribution < -0.4 is 5.32 Å². The number of benzene rings is 2. The van der Waals surface area contributed by atoms with E-state index in [4.69, 9.17) is 9.05 Å². The standard InChI is InChI=1S/C35H54NO3P/c1-24(2)31-20-18-26(5)22-33(31)38-40(37,39-34-23-27(6)19-21-32(34)25(3)4)35(30-16-12-9-13-17-30)36-28(7)29-14-10-8-11-15-29/h8-17,24-28,31-36H,18-23H2,1-7H3/t26-,27-,28+,31-,32-,33-,34-,35+/m1/s1. The molecule has 2 aliphatic rings. The number of nitrogens with one attached hydrogen (secondary N) is 1. The summed E-state index contributed by atoms with van der Waals surface area (Å²) in [7, 11) is -3.68. The predicted octanol–water partition coefficient (Wildman–Crippen LogP) is 10.2. The molecule has 40 heavy (non-hydrogen) atoms. The Morgan fingerprint density at radius 2 is 1.10 bits per heavy atom. The maximum absolute atomic E-state index is 15.7. The van der Waals surface area contributed by atoms with Crippen LogP contribution in [0.25, 0.3) is 0 Å². The zero-order valence-electron chi connectivity index (χ0n) is 26.0. The van der Waals surface area contributed by atoms with Crippen molar-refractivity contribution in [3.63, 3.8) is 0 Å². The predicted molar refractivity (Wildman–Crippen MR) is 167 cm³/mol. The molecule has 4 nitrogen and oxygen atoms in total.